The summed E-state index contributed by atoms with van der Waals surface area (Å²) < 4.78 is 12.6. The maximum Gasteiger partial charge on any atom is 0.313 e. The Morgan fingerprint density at radius 1 is 1.06 bits per heavy atom. The summed E-state index contributed by atoms with van der Waals surface area (Å²) in [5.41, 5.74) is -2.37. The van der Waals surface area contributed by atoms with Gasteiger partial charge in [0.1, 0.15) is 23.2 Å². The van der Waals surface area contributed by atoms with E-state index >= 15 is 0 Å². The van der Waals surface area contributed by atoms with E-state index in [0.717, 1.165) is 19.3 Å². The second-order valence-electron chi connectivity index (χ2n) is 10.9. The van der Waals surface area contributed by atoms with Crippen molar-refractivity contribution in [3.8, 4) is 0 Å². The molecule has 8 heteroatoms. The first-order chi connectivity index (χ1) is 16.6. The van der Waals surface area contributed by atoms with Gasteiger partial charge in [0.25, 0.3) is 0 Å². The molecule has 6 atom stereocenters. The average Bonchev–Trinajstić information content (AvgIpc) is 3.16. The Kier molecular flexibility index (Phi) is 7.17. The van der Waals surface area contributed by atoms with Crippen LogP contribution < -0.4 is 0 Å². The minimum atomic E-state index is -1.32. The minimum Gasteiger partial charge on any atom is -0.465 e. The minimum absolute atomic E-state index is 0.0861. The summed E-state index contributed by atoms with van der Waals surface area (Å²) in [6.45, 7) is 10.1. The number of likely N-dealkylation sites (tertiary alicyclic amines) is 1. The third kappa shape index (κ3) is 3.93. The van der Waals surface area contributed by atoms with E-state index in [1.807, 2.05) is 58.9 Å². The highest BCUT2D eigenvalue weighted by Gasteiger charge is 2.76. The summed E-state index contributed by atoms with van der Waals surface area (Å²) in [6, 6.07) is -1.63. The Morgan fingerprint density at radius 3 is 2.43 bits per heavy atom. The molecule has 0 aromatic carbocycles. The molecule has 4 aliphatic heterocycles. The number of ether oxygens (including phenoxy) is 2. The second-order valence-corrected chi connectivity index (χ2v) is 10.9. The van der Waals surface area contributed by atoms with Crippen LogP contribution in [-0.4, -0.2) is 81.8 Å². The predicted octanol–water partition coefficient (Wildman–Crippen LogP) is 2.45. The van der Waals surface area contributed by atoms with Crippen molar-refractivity contribution < 1.29 is 29.0 Å². The first kappa shape index (κ1) is 25.9. The van der Waals surface area contributed by atoms with Crippen LogP contribution in [0.2, 0.25) is 0 Å². The summed E-state index contributed by atoms with van der Waals surface area (Å²) in [4.78, 5) is 45.3. The van der Waals surface area contributed by atoms with Crippen molar-refractivity contribution in [2.24, 2.45) is 17.8 Å². The molecule has 1 unspecified atom stereocenters. The number of cyclic esters (lactones) is 1. The Balaban J connectivity index is 1.94. The van der Waals surface area contributed by atoms with Crippen LogP contribution in [0.3, 0.4) is 0 Å². The van der Waals surface area contributed by atoms with Gasteiger partial charge in [0.05, 0.1) is 25.2 Å². The Morgan fingerprint density at radius 2 is 1.80 bits per heavy atom. The third-order valence-electron chi connectivity index (χ3n) is 8.29. The van der Waals surface area contributed by atoms with Crippen LogP contribution in [0, 0.1) is 17.8 Å². The molecule has 2 amide bonds. The van der Waals surface area contributed by atoms with Crippen LogP contribution >= 0.6 is 0 Å². The van der Waals surface area contributed by atoms with E-state index in [0.29, 0.717) is 19.6 Å². The zero-order chi connectivity index (χ0) is 25.5. The monoisotopic (exact) mass is 488 g/mol. The smallest absolute Gasteiger partial charge is 0.313 e. The summed E-state index contributed by atoms with van der Waals surface area (Å²) in [5.74, 6) is -2.88. The molecule has 0 aliphatic carbocycles. The number of hydrogen-bond acceptors (Lipinski definition) is 6. The van der Waals surface area contributed by atoms with Gasteiger partial charge in [-0.1, -0.05) is 45.1 Å². The highest BCUT2D eigenvalue weighted by Crippen LogP contribution is 2.58. The largest absolute Gasteiger partial charge is 0.465 e. The van der Waals surface area contributed by atoms with Crippen molar-refractivity contribution >= 4 is 17.8 Å². The van der Waals surface area contributed by atoms with E-state index in [-0.39, 0.29) is 30.4 Å². The van der Waals surface area contributed by atoms with Gasteiger partial charge in [-0.15, -0.1) is 0 Å². The maximum atomic E-state index is 14.3. The molecule has 0 bridgehead atoms. The van der Waals surface area contributed by atoms with Crippen LogP contribution in [0.4, 0.5) is 0 Å². The van der Waals surface area contributed by atoms with E-state index in [2.05, 4.69) is 0 Å². The van der Waals surface area contributed by atoms with Crippen molar-refractivity contribution in [3.63, 3.8) is 0 Å². The zero-order valence-electron chi connectivity index (χ0n) is 21.6. The standard InChI is InChI=1S/C27H40N2O6/c1-6-26-12-9-7-8-10-15-34-25(33)21(26)20-23(31)29(19(16-30)17(2)3)22-24(32)28(18(4)5)14-11-13-27(20,22)35-26/h9,11-13,17-22,30H,6-8,10,14-16H2,1-5H3/b12-9-/t19-,20-,21-,22?,26+,27-/m0/s1. The highest BCUT2D eigenvalue weighted by molar-refractivity contribution is 5.99. The molecule has 0 saturated carbocycles. The Labute approximate surface area is 208 Å². The third-order valence-corrected chi connectivity index (χ3v) is 8.29. The number of hydrogen-bond donors (Lipinski definition) is 1. The summed E-state index contributed by atoms with van der Waals surface area (Å²) >= 11 is 0. The molecule has 1 N–H and O–H groups in total. The van der Waals surface area contributed by atoms with Crippen molar-refractivity contribution in [2.75, 3.05) is 19.8 Å². The molecule has 4 heterocycles. The van der Waals surface area contributed by atoms with Crippen molar-refractivity contribution in [1.82, 2.24) is 9.80 Å². The van der Waals surface area contributed by atoms with Crippen LogP contribution in [0.1, 0.15) is 60.3 Å². The number of amides is 2. The molecule has 2 fully saturated rings. The van der Waals surface area contributed by atoms with Gasteiger partial charge in [-0.05, 0) is 45.4 Å². The molecule has 4 aliphatic rings. The molecular weight excluding hydrogens is 448 g/mol. The number of fused-ring (bicyclic) bond motifs is 2. The number of esters is 1. The molecular formula is C27H40N2O6. The fraction of sp³-hybridized carbons (Fsp3) is 0.741. The number of carbonyl (C=O) groups excluding carboxylic acids is 3. The molecule has 0 aromatic rings. The molecule has 2 saturated heterocycles. The topological polar surface area (TPSA) is 96.4 Å². The molecule has 0 radical (unpaired) electrons. The molecule has 35 heavy (non-hydrogen) atoms. The van der Waals surface area contributed by atoms with Crippen LogP contribution in [0.15, 0.2) is 24.3 Å². The Bertz CT molecular complexity index is 913. The van der Waals surface area contributed by atoms with Crippen molar-refractivity contribution in [2.45, 2.75) is 89.6 Å². The predicted molar refractivity (Wildman–Crippen MR) is 130 cm³/mol. The van der Waals surface area contributed by atoms with Gasteiger partial charge in [-0.25, -0.2) is 0 Å². The molecule has 194 valence electrons. The second kappa shape index (κ2) is 9.69. The summed E-state index contributed by atoms with van der Waals surface area (Å²) in [5, 5.41) is 10.3. The van der Waals surface area contributed by atoms with E-state index in [1.165, 1.54) is 4.90 Å². The van der Waals surface area contributed by atoms with Gasteiger partial charge < -0.3 is 24.4 Å². The van der Waals surface area contributed by atoms with Gasteiger partial charge in [0.15, 0.2) is 0 Å². The lowest BCUT2D eigenvalue weighted by molar-refractivity contribution is -0.164. The fourth-order valence-corrected chi connectivity index (χ4v) is 6.44. The van der Waals surface area contributed by atoms with E-state index in [1.54, 1.807) is 4.90 Å². The number of aliphatic hydroxyl groups is 1. The van der Waals surface area contributed by atoms with Gasteiger partial charge in [-0.3, -0.25) is 14.4 Å². The quantitative estimate of drug-likeness (QED) is 0.472. The molecule has 0 aromatic heterocycles. The maximum absolute atomic E-state index is 14.3. The first-order valence-corrected chi connectivity index (χ1v) is 13.1. The summed E-state index contributed by atoms with van der Waals surface area (Å²) in [6.07, 6.45) is 10.6. The lowest BCUT2D eigenvalue weighted by Gasteiger charge is -2.42. The van der Waals surface area contributed by atoms with Crippen molar-refractivity contribution in [3.05, 3.63) is 24.3 Å². The first-order valence-electron chi connectivity index (χ1n) is 13.1. The number of allylic oxidation sites excluding steroid dienone is 1. The average molecular weight is 489 g/mol. The Hall–Kier alpha value is -2.19. The molecule has 8 nitrogen and oxygen atoms in total. The number of rotatable bonds is 5. The van der Waals surface area contributed by atoms with Crippen LogP contribution in [-0.2, 0) is 23.9 Å². The number of carbonyl (C=O) groups is 3. The molecule has 4 rings (SSSR count). The van der Waals surface area contributed by atoms with Gasteiger partial charge in [0, 0.05) is 12.6 Å². The highest BCUT2D eigenvalue weighted by atomic mass is 16.6. The van der Waals surface area contributed by atoms with Crippen LogP contribution in [0.5, 0.6) is 0 Å². The van der Waals surface area contributed by atoms with Gasteiger partial charge in [-0.2, -0.15) is 0 Å². The van der Waals surface area contributed by atoms with Crippen LogP contribution in [0.25, 0.3) is 0 Å². The van der Waals surface area contributed by atoms with Crippen molar-refractivity contribution in [1.29, 1.82) is 0 Å². The zero-order valence-corrected chi connectivity index (χ0v) is 21.6. The SMILES string of the molecule is CC[C@@]12/C=C\CCCCOC(=O)[C@@H]1[C@H]1C(=O)N([C@@H](CO)C(C)C)C3C(=O)N(C(C)C)CC=C[C@@]31O2. The van der Waals surface area contributed by atoms with Gasteiger partial charge >= 0.3 is 5.97 Å². The van der Waals surface area contributed by atoms with E-state index < -0.39 is 41.1 Å². The normalized spacial score (nSPS) is 37.1. The van der Waals surface area contributed by atoms with E-state index in [9.17, 15) is 19.5 Å². The fourth-order valence-electron chi connectivity index (χ4n) is 6.44. The number of nitrogens with zero attached hydrogens (tertiary/aromatic N) is 2. The lowest BCUT2D eigenvalue weighted by Crippen LogP contribution is -2.60. The summed E-state index contributed by atoms with van der Waals surface area (Å²) in [7, 11) is 0. The lowest BCUT2D eigenvalue weighted by atomic mass is 9.73. The van der Waals surface area contributed by atoms with Gasteiger partial charge in [0.2, 0.25) is 11.8 Å². The molecule has 1 spiro atoms. The number of aliphatic hydroxyl groups excluding tert-OH is 1. The van der Waals surface area contributed by atoms with E-state index in [4.69, 9.17) is 9.47 Å².